The predicted molar refractivity (Wildman–Crippen MR) is 82.8 cm³/mol. The number of hydrogen-bond donors (Lipinski definition) is 0. The molecule has 2 unspecified atom stereocenters. The molecule has 0 spiro atoms. The van der Waals surface area contributed by atoms with Crippen molar-refractivity contribution in [2.24, 2.45) is 0 Å². The number of fused-ring (bicyclic) bond motifs is 3. The average molecular weight is 298 g/mol. The summed E-state index contributed by atoms with van der Waals surface area (Å²) >= 11 is 1.69. The van der Waals surface area contributed by atoms with E-state index in [-0.39, 0.29) is 0 Å². The van der Waals surface area contributed by atoms with Crippen LogP contribution in [0.2, 0.25) is 0 Å². The summed E-state index contributed by atoms with van der Waals surface area (Å²) in [6.45, 7) is 1.81. The maximum Gasteiger partial charge on any atom is 0.186 e. The highest BCUT2D eigenvalue weighted by molar-refractivity contribution is 7.14. The first-order chi connectivity index (χ1) is 10.4. The van der Waals surface area contributed by atoms with Gasteiger partial charge in [0.15, 0.2) is 10.9 Å². The number of rotatable bonds is 2. The molecule has 21 heavy (non-hydrogen) atoms. The van der Waals surface area contributed by atoms with Gasteiger partial charge in [0.1, 0.15) is 11.3 Å². The fourth-order valence-corrected chi connectivity index (χ4v) is 4.15. The van der Waals surface area contributed by atoms with Crippen molar-refractivity contribution in [2.75, 3.05) is 18.1 Å². The first-order valence-corrected chi connectivity index (χ1v) is 8.07. The standard InChI is InChI=1S/C16H14N2O2S/c1-2-4-14-10(3-1)5-15(20-14)13-9-21-16(17-13)18-7-12-6-11(18)8-19-12/h1-5,9,11-12H,6-8H2. The molecule has 5 heteroatoms. The molecule has 0 N–H and O–H groups in total. The Morgan fingerprint density at radius 3 is 3.05 bits per heavy atom. The number of hydrogen-bond acceptors (Lipinski definition) is 5. The van der Waals surface area contributed by atoms with Crippen LogP contribution in [0.15, 0.2) is 40.1 Å². The Hall–Kier alpha value is -1.85. The Balaban J connectivity index is 1.50. The summed E-state index contributed by atoms with van der Waals surface area (Å²) < 4.78 is 11.5. The van der Waals surface area contributed by atoms with Crippen molar-refractivity contribution in [3.05, 3.63) is 35.7 Å². The fourth-order valence-electron chi connectivity index (χ4n) is 3.25. The highest BCUT2D eigenvalue weighted by Crippen LogP contribution is 2.37. The van der Waals surface area contributed by atoms with E-state index in [1.165, 1.54) is 0 Å². The zero-order chi connectivity index (χ0) is 13.8. The number of thiazole rings is 1. The maximum absolute atomic E-state index is 5.89. The Labute approximate surface area is 126 Å². The molecule has 4 nitrogen and oxygen atoms in total. The van der Waals surface area contributed by atoms with Gasteiger partial charge in [-0.1, -0.05) is 18.2 Å². The molecule has 5 rings (SSSR count). The van der Waals surface area contributed by atoms with Crippen LogP contribution in [-0.2, 0) is 4.74 Å². The molecule has 2 aromatic heterocycles. The van der Waals surface area contributed by atoms with E-state index in [1.54, 1.807) is 11.3 Å². The summed E-state index contributed by atoms with van der Waals surface area (Å²) in [5.41, 5.74) is 1.84. The fraction of sp³-hybridized carbons (Fsp3) is 0.312. The third-order valence-electron chi connectivity index (χ3n) is 4.32. The molecule has 106 valence electrons. The van der Waals surface area contributed by atoms with Gasteiger partial charge in [-0.3, -0.25) is 0 Å². The SMILES string of the molecule is c1ccc2oc(-c3csc(N4CC5CC4CO5)n3)cc2c1. The summed E-state index contributed by atoms with van der Waals surface area (Å²) in [5.74, 6) is 0.847. The molecule has 2 atom stereocenters. The molecule has 0 amide bonds. The monoisotopic (exact) mass is 298 g/mol. The van der Waals surface area contributed by atoms with E-state index in [1.807, 2.05) is 18.2 Å². The van der Waals surface area contributed by atoms with Gasteiger partial charge in [0.2, 0.25) is 0 Å². The van der Waals surface area contributed by atoms with Gasteiger partial charge in [0, 0.05) is 17.3 Å². The maximum atomic E-state index is 5.89. The van der Waals surface area contributed by atoms with Gasteiger partial charge in [-0.15, -0.1) is 11.3 Å². The summed E-state index contributed by atoms with van der Waals surface area (Å²) in [5, 5.41) is 4.29. The number of nitrogens with zero attached hydrogens (tertiary/aromatic N) is 2. The molecule has 4 heterocycles. The van der Waals surface area contributed by atoms with Crippen molar-refractivity contribution in [3.63, 3.8) is 0 Å². The molecule has 2 aliphatic rings. The van der Waals surface area contributed by atoms with Crippen molar-refractivity contribution in [1.82, 2.24) is 4.98 Å². The van der Waals surface area contributed by atoms with Gasteiger partial charge >= 0.3 is 0 Å². The number of para-hydroxylation sites is 1. The third kappa shape index (κ3) is 1.81. The van der Waals surface area contributed by atoms with E-state index in [9.17, 15) is 0 Å². The lowest BCUT2D eigenvalue weighted by atomic mass is 10.2. The van der Waals surface area contributed by atoms with Crippen molar-refractivity contribution < 1.29 is 9.15 Å². The number of anilines is 1. The van der Waals surface area contributed by atoms with Gasteiger partial charge in [-0.25, -0.2) is 4.98 Å². The Kier molecular flexibility index (Phi) is 2.42. The van der Waals surface area contributed by atoms with Crippen LogP contribution in [0.3, 0.4) is 0 Å². The van der Waals surface area contributed by atoms with Gasteiger partial charge in [-0.2, -0.15) is 0 Å². The molecule has 2 bridgehead atoms. The normalized spacial score (nSPS) is 24.3. The molecule has 0 radical (unpaired) electrons. The Morgan fingerprint density at radius 2 is 2.24 bits per heavy atom. The highest BCUT2D eigenvalue weighted by Gasteiger charge is 2.40. The highest BCUT2D eigenvalue weighted by atomic mass is 32.1. The topological polar surface area (TPSA) is 38.5 Å². The molecule has 2 saturated heterocycles. The predicted octanol–water partition coefficient (Wildman–Crippen LogP) is 3.53. The average Bonchev–Trinajstić information content (AvgIpc) is 3.27. The molecule has 1 aromatic carbocycles. The van der Waals surface area contributed by atoms with E-state index in [4.69, 9.17) is 14.1 Å². The second-order valence-corrected chi connectivity index (χ2v) is 6.50. The first-order valence-electron chi connectivity index (χ1n) is 7.19. The van der Waals surface area contributed by atoms with Crippen molar-refractivity contribution in [3.8, 4) is 11.5 Å². The summed E-state index contributed by atoms with van der Waals surface area (Å²) in [6.07, 6.45) is 1.54. The number of furan rings is 1. The molecule has 3 aromatic rings. The first kappa shape index (κ1) is 11.8. The smallest absolute Gasteiger partial charge is 0.186 e. The van der Waals surface area contributed by atoms with Crippen LogP contribution < -0.4 is 4.90 Å². The van der Waals surface area contributed by atoms with E-state index in [0.717, 1.165) is 47.1 Å². The molecular formula is C16H14N2O2S. The zero-order valence-corrected chi connectivity index (χ0v) is 12.2. The lowest BCUT2D eigenvalue weighted by Crippen LogP contribution is -2.36. The minimum Gasteiger partial charge on any atom is -0.454 e. The largest absolute Gasteiger partial charge is 0.454 e. The molecule has 2 fully saturated rings. The lowest BCUT2D eigenvalue weighted by Gasteiger charge is -2.25. The van der Waals surface area contributed by atoms with Gasteiger partial charge in [0.25, 0.3) is 0 Å². The van der Waals surface area contributed by atoms with Gasteiger partial charge in [-0.05, 0) is 18.6 Å². The Bertz CT molecular complexity index is 776. The van der Waals surface area contributed by atoms with Crippen LogP contribution in [-0.4, -0.2) is 30.3 Å². The molecule has 0 aliphatic carbocycles. The van der Waals surface area contributed by atoms with Crippen LogP contribution >= 0.6 is 11.3 Å². The number of morpholine rings is 1. The summed E-state index contributed by atoms with van der Waals surface area (Å²) in [6, 6.07) is 10.6. The van der Waals surface area contributed by atoms with E-state index < -0.39 is 0 Å². The second-order valence-electron chi connectivity index (χ2n) is 5.66. The van der Waals surface area contributed by atoms with Crippen LogP contribution in [0.4, 0.5) is 5.13 Å². The van der Waals surface area contributed by atoms with Crippen molar-refractivity contribution in [2.45, 2.75) is 18.6 Å². The molecule has 2 aliphatic heterocycles. The second kappa shape index (κ2) is 4.32. The minimum absolute atomic E-state index is 0.397. The van der Waals surface area contributed by atoms with Crippen molar-refractivity contribution in [1.29, 1.82) is 0 Å². The van der Waals surface area contributed by atoms with Crippen LogP contribution in [0.1, 0.15) is 6.42 Å². The van der Waals surface area contributed by atoms with Crippen molar-refractivity contribution >= 4 is 27.4 Å². The van der Waals surface area contributed by atoms with Crippen LogP contribution in [0.5, 0.6) is 0 Å². The van der Waals surface area contributed by atoms with E-state index >= 15 is 0 Å². The number of aromatic nitrogens is 1. The number of ether oxygens (including phenoxy) is 1. The van der Waals surface area contributed by atoms with Gasteiger partial charge in [0.05, 0.1) is 18.8 Å². The van der Waals surface area contributed by atoms with E-state index in [2.05, 4.69) is 22.4 Å². The van der Waals surface area contributed by atoms with E-state index in [0.29, 0.717) is 12.1 Å². The van der Waals surface area contributed by atoms with Gasteiger partial charge < -0.3 is 14.1 Å². The quantitative estimate of drug-likeness (QED) is 0.725. The Morgan fingerprint density at radius 1 is 1.29 bits per heavy atom. The number of benzene rings is 1. The van der Waals surface area contributed by atoms with Crippen LogP contribution in [0, 0.1) is 0 Å². The zero-order valence-electron chi connectivity index (χ0n) is 11.4. The van der Waals surface area contributed by atoms with Crippen LogP contribution in [0.25, 0.3) is 22.4 Å². The summed E-state index contributed by atoms with van der Waals surface area (Å²) in [7, 11) is 0. The third-order valence-corrected chi connectivity index (χ3v) is 5.19. The lowest BCUT2D eigenvalue weighted by molar-refractivity contribution is 0.0991. The minimum atomic E-state index is 0.397. The molecule has 0 saturated carbocycles. The molecular weight excluding hydrogens is 284 g/mol. The summed E-state index contributed by atoms with van der Waals surface area (Å²) in [4.78, 5) is 7.15.